The second kappa shape index (κ2) is 7.82. The summed E-state index contributed by atoms with van der Waals surface area (Å²) >= 11 is 0. The van der Waals surface area contributed by atoms with Crippen LogP contribution in [0.5, 0.6) is 5.75 Å². The fourth-order valence-electron chi connectivity index (χ4n) is 1.73. The molecule has 2 rings (SSSR count). The van der Waals surface area contributed by atoms with E-state index in [2.05, 4.69) is 10.2 Å². The van der Waals surface area contributed by atoms with Crippen LogP contribution in [0, 0.1) is 17.0 Å². The van der Waals surface area contributed by atoms with Gasteiger partial charge < -0.3 is 10.2 Å². The van der Waals surface area contributed by atoms with Gasteiger partial charge in [0.2, 0.25) is 0 Å². The second-order valence-corrected chi connectivity index (χ2v) is 4.46. The van der Waals surface area contributed by atoms with Gasteiger partial charge in [0, 0.05) is 35.6 Å². The average Bonchev–Trinajstić information content (AvgIpc) is 2.46. The van der Waals surface area contributed by atoms with Crippen molar-refractivity contribution in [2.75, 3.05) is 0 Å². The van der Waals surface area contributed by atoms with Crippen molar-refractivity contribution in [3.63, 3.8) is 0 Å². The topological polar surface area (TPSA) is 125 Å². The van der Waals surface area contributed by atoms with E-state index in [0.717, 1.165) is 6.07 Å². The van der Waals surface area contributed by atoms with Crippen LogP contribution in [0.25, 0.3) is 0 Å². The van der Waals surface area contributed by atoms with E-state index < -0.39 is 16.6 Å². The fraction of sp³-hybridized carbons (Fsp3) is 0.0714. The van der Waals surface area contributed by atoms with Gasteiger partial charge in [-0.3, -0.25) is 10.1 Å². The molecule has 2 aromatic rings. The molecule has 0 fully saturated rings. The fourth-order valence-corrected chi connectivity index (χ4v) is 1.73. The van der Waals surface area contributed by atoms with Crippen molar-refractivity contribution < 1.29 is 19.9 Å². The Hall–Kier alpha value is -2.29. The summed E-state index contributed by atoms with van der Waals surface area (Å²) in [6.07, 6.45) is 0. The summed E-state index contributed by atoms with van der Waals surface area (Å²) in [5.74, 6) is -1.70. The minimum Gasteiger partial charge on any atom is -0.507 e. The van der Waals surface area contributed by atoms with Crippen molar-refractivity contribution in [2.24, 2.45) is 10.2 Å². The molecule has 0 unspecified atom stereocenters. The second-order valence-electron chi connectivity index (χ2n) is 4.46. The molecule has 9 heteroatoms. The van der Waals surface area contributed by atoms with E-state index in [1.807, 2.05) is 0 Å². The van der Waals surface area contributed by atoms with Crippen molar-refractivity contribution in [2.45, 2.75) is 6.92 Å². The quantitative estimate of drug-likeness (QED) is 0.386. The number of nitro benzene ring substituents is 1. The molecule has 0 spiro atoms. The number of hydrogen-bond donors (Lipinski definition) is 2. The maximum absolute atomic E-state index is 11.0. The number of azo groups is 1. The minimum absolute atomic E-state index is 0. The molecule has 0 aliphatic carbocycles. The Morgan fingerprint density at radius 1 is 1.17 bits per heavy atom. The van der Waals surface area contributed by atoms with E-state index in [1.165, 1.54) is 24.3 Å². The maximum Gasteiger partial charge on any atom is 0.339 e. The standard InChI is InChI=1S/C14H11N3O5.Na/c1-8-2-4-11(12(6-8)17(21)22)16-15-9-3-5-13(18)10(7-9)14(19)20;/h2-7,18H,1H3,(H,19,20);. The van der Waals surface area contributed by atoms with Crippen LogP contribution in [0.4, 0.5) is 17.1 Å². The molecule has 2 N–H and O–H groups in total. The Kier molecular flexibility index (Phi) is 6.38. The number of aromatic carboxylic acids is 1. The summed E-state index contributed by atoms with van der Waals surface area (Å²) in [6, 6.07) is 8.12. The number of aryl methyl sites for hydroxylation is 1. The number of nitrogens with zero attached hydrogens (tertiary/aromatic N) is 3. The first-order chi connectivity index (χ1) is 10.4. The van der Waals surface area contributed by atoms with Crippen LogP contribution in [0.15, 0.2) is 46.6 Å². The number of rotatable bonds is 4. The SMILES string of the molecule is Cc1ccc(N=Nc2ccc(O)c(C(=O)O)c2)c([N+](=O)[O-])c1.[Na]. The number of carboxylic acids is 1. The van der Waals surface area contributed by atoms with Crippen LogP contribution in [-0.2, 0) is 0 Å². The predicted molar refractivity (Wildman–Crippen MR) is 82.8 cm³/mol. The summed E-state index contributed by atoms with van der Waals surface area (Å²) < 4.78 is 0. The molecule has 0 aliphatic rings. The Morgan fingerprint density at radius 3 is 2.48 bits per heavy atom. The third-order valence-electron chi connectivity index (χ3n) is 2.81. The predicted octanol–water partition coefficient (Wildman–Crippen LogP) is 3.34. The smallest absolute Gasteiger partial charge is 0.339 e. The van der Waals surface area contributed by atoms with Crippen molar-refractivity contribution in [3.8, 4) is 5.75 Å². The maximum atomic E-state index is 11.0. The zero-order valence-electron chi connectivity index (χ0n) is 12.4. The van der Waals surface area contributed by atoms with Gasteiger partial charge >= 0.3 is 5.97 Å². The van der Waals surface area contributed by atoms with Gasteiger partial charge in [-0.25, -0.2) is 4.79 Å². The summed E-state index contributed by atoms with van der Waals surface area (Å²) in [5, 5.41) is 36.8. The number of carboxylic acid groups (broad SMARTS) is 1. The molecule has 0 aromatic heterocycles. The average molecular weight is 324 g/mol. The van der Waals surface area contributed by atoms with E-state index in [9.17, 15) is 20.0 Å². The molecule has 2 aromatic carbocycles. The first-order valence-corrected chi connectivity index (χ1v) is 6.11. The van der Waals surface area contributed by atoms with Crippen LogP contribution in [-0.4, -0.2) is 50.7 Å². The molecule has 0 saturated heterocycles. The molecular formula is C14H11N3NaO5. The van der Waals surface area contributed by atoms with Gasteiger partial charge in [-0.15, -0.1) is 5.11 Å². The molecule has 0 bridgehead atoms. The molecular weight excluding hydrogens is 313 g/mol. The zero-order valence-corrected chi connectivity index (χ0v) is 14.4. The number of phenols is 1. The van der Waals surface area contributed by atoms with Crippen LogP contribution in [0.1, 0.15) is 15.9 Å². The van der Waals surface area contributed by atoms with E-state index in [-0.39, 0.29) is 52.2 Å². The van der Waals surface area contributed by atoms with Gasteiger partial charge in [0.15, 0.2) is 5.69 Å². The number of carbonyl (C=O) groups is 1. The van der Waals surface area contributed by atoms with E-state index in [1.54, 1.807) is 13.0 Å². The van der Waals surface area contributed by atoms with E-state index >= 15 is 0 Å². The molecule has 113 valence electrons. The number of hydrogen-bond acceptors (Lipinski definition) is 6. The summed E-state index contributed by atoms with van der Waals surface area (Å²) in [7, 11) is 0. The molecule has 0 heterocycles. The van der Waals surface area contributed by atoms with Crippen LogP contribution < -0.4 is 0 Å². The minimum atomic E-state index is -1.31. The van der Waals surface area contributed by atoms with E-state index in [4.69, 9.17) is 5.11 Å². The normalized spacial score (nSPS) is 10.3. The third kappa shape index (κ3) is 4.59. The molecule has 0 atom stereocenters. The van der Waals surface area contributed by atoms with E-state index in [0.29, 0.717) is 5.56 Å². The van der Waals surface area contributed by atoms with Gasteiger partial charge in [0.25, 0.3) is 5.69 Å². The summed E-state index contributed by atoms with van der Waals surface area (Å²) in [4.78, 5) is 21.3. The van der Waals surface area contributed by atoms with Crippen LogP contribution >= 0.6 is 0 Å². The third-order valence-corrected chi connectivity index (χ3v) is 2.81. The van der Waals surface area contributed by atoms with Gasteiger partial charge in [0.05, 0.1) is 10.6 Å². The molecule has 0 amide bonds. The summed E-state index contributed by atoms with van der Waals surface area (Å²) in [5.41, 5.74) is 0.407. The van der Waals surface area contributed by atoms with Crippen molar-refractivity contribution in [1.82, 2.24) is 0 Å². The van der Waals surface area contributed by atoms with Crippen LogP contribution in [0.3, 0.4) is 0 Å². The first-order valence-electron chi connectivity index (χ1n) is 6.11. The Bertz CT molecular complexity index is 792. The molecule has 1 radical (unpaired) electrons. The zero-order chi connectivity index (χ0) is 16.3. The molecule has 0 saturated carbocycles. The monoisotopic (exact) mass is 324 g/mol. The number of benzene rings is 2. The van der Waals surface area contributed by atoms with Crippen LogP contribution in [0.2, 0.25) is 0 Å². The van der Waals surface area contributed by atoms with Gasteiger partial charge in [-0.1, -0.05) is 6.07 Å². The molecule has 23 heavy (non-hydrogen) atoms. The Balaban J connectivity index is 0.00000264. The largest absolute Gasteiger partial charge is 0.507 e. The first kappa shape index (κ1) is 18.8. The Morgan fingerprint density at radius 2 is 1.87 bits per heavy atom. The van der Waals surface area contributed by atoms with Crippen molar-refractivity contribution in [3.05, 3.63) is 57.6 Å². The van der Waals surface area contributed by atoms with Gasteiger partial charge in [-0.2, -0.15) is 5.11 Å². The molecule has 0 aliphatic heterocycles. The van der Waals surface area contributed by atoms with Gasteiger partial charge in [-0.05, 0) is 36.8 Å². The Labute approximate surface area is 152 Å². The summed E-state index contributed by atoms with van der Waals surface area (Å²) in [6.45, 7) is 1.72. The van der Waals surface area contributed by atoms with Gasteiger partial charge in [0.1, 0.15) is 11.3 Å². The van der Waals surface area contributed by atoms with Crippen molar-refractivity contribution >= 4 is 52.6 Å². The number of nitro groups is 1. The van der Waals surface area contributed by atoms with Crippen molar-refractivity contribution in [1.29, 1.82) is 0 Å². The number of aromatic hydroxyl groups is 1. The molecule has 8 nitrogen and oxygen atoms in total.